The number of rotatable bonds is 17. The van der Waals surface area contributed by atoms with Gasteiger partial charge in [-0.25, -0.2) is 0 Å². The summed E-state index contributed by atoms with van der Waals surface area (Å²) in [7, 11) is 0. The maximum absolute atomic E-state index is 11.2. The molecular weight excluding hydrogens is 348 g/mol. The van der Waals surface area contributed by atoms with Gasteiger partial charge >= 0.3 is 0 Å². The predicted molar refractivity (Wildman–Crippen MR) is 106 cm³/mol. The molecule has 0 aromatic rings. The van der Waals surface area contributed by atoms with Crippen LogP contribution in [0.3, 0.4) is 0 Å². The topological polar surface area (TPSA) is 103 Å². The molecule has 0 saturated heterocycles. The lowest BCUT2D eigenvalue weighted by Gasteiger charge is -2.00. The van der Waals surface area contributed by atoms with Crippen LogP contribution in [-0.4, -0.2) is 16.1 Å². The Morgan fingerprint density at radius 3 is 1.96 bits per heavy atom. The van der Waals surface area contributed by atoms with Crippen LogP contribution in [0.1, 0.15) is 84.0 Å². The highest BCUT2D eigenvalue weighted by Crippen LogP contribution is 2.16. The van der Waals surface area contributed by atoms with Crippen LogP contribution in [0.15, 0.2) is 35.7 Å². The lowest BCUT2D eigenvalue weighted by molar-refractivity contribution is -0.450. The number of hydrogen-bond donors (Lipinski definition) is 0. The van der Waals surface area contributed by atoms with Crippen molar-refractivity contribution in [2.75, 3.05) is 0 Å². The number of carbonyl (C=O) groups is 1. The molecule has 152 valence electrons. The molecule has 0 aliphatic heterocycles. The van der Waals surface area contributed by atoms with Gasteiger partial charge in [0.25, 0.3) is 11.4 Å². The van der Waals surface area contributed by atoms with Gasteiger partial charge in [0.15, 0.2) is 0 Å². The molecule has 0 atom stereocenters. The first-order valence-corrected chi connectivity index (χ1v) is 9.78. The maximum atomic E-state index is 11.2. The molecule has 0 bridgehead atoms. The number of aldehydes is 1. The van der Waals surface area contributed by atoms with Gasteiger partial charge in [-0.15, -0.1) is 0 Å². The molecule has 0 radical (unpaired) electrons. The van der Waals surface area contributed by atoms with Crippen LogP contribution in [0, 0.1) is 20.2 Å². The molecule has 27 heavy (non-hydrogen) atoms. The zero-order valence-electron chi connectivity index (χ0n) is 16.3. The molecule has 0 spiro atoms. The fraction of sp³-hybridized carbons (Fsp3) is 0.650. The summed E-state index contributed by atoms with van der Waals surface area (Å²) in [6, 6.07) is 0. The third-order valence-electron chi connectivity index (χ3n) is 4.12. The summed E-state index contributed by atoms with van der Waals surface area (Å²) >= 11 is 0. The van der Waals surface area contributed by atoms with Crippen molar-refractivity contribution in [3.63, 3.8) is 0 Å². The van der Waals surface area contributed by atoms with E-state index in [4.69, 9.17) is 0 Å². The van der Waals surface area contributed by atoms with Gasteiger partial charge in [0.05, 0.1) is 9.85 Å². The quantitative estimate of drug-likeness (QED) is 0.105. The van der Waals surface area contributed by atoms with Gasteiger partial charge in [-0.2, -0.15) is 0 Å². The van der Waals surface area contributed by atoms with Crippen LogP contribution in [0.25, 0.3) is 0 Å². The van der Waals surface area contributed by atoms with E-state index in [-0.39, 0.29) is 17.8 Å². The van der Waals surface area contributed by atoms with Crippen LogP contribution in [0.2, 0.25) is 0 Å². The monoisotopic (exact) mass is 380 g/mol. The highest BCUT2D eigenvalue weighted by molar-refractivity contribution is 5.48. The van der Waals surface area contributed by atoms with Crippen LogP contribution < -0.4 is 0 Å². The molecule has 7 heteroatoms. The molecule has 7 nitrogen and oxygen atoms in total. The van der Waals surface area contributed by atoms with E-state index in [0.717, 1.165) is 57.7 Å². The van der Waals surface area contributed by atoms with E-state index in [2.05, 4.69) is 6.92 Å². The summed E-state index contributed by atoms with van der Waals surface area (Å²) in [6.07, 6.45) is 16.6. The molecular formula is C20H32N2O5. The van der Waals surface area contributed by atoms with Crippen molar-refractivity contribution in [3.8, 4) is 0 Å². The Labute approximate surface area is 161 Å². The molecule has 0 heterocycles. The molecule has 0 aliphatic rings. The van der Waals surface area contributed by atoms with Gasteiger partial charge in [0.2, 0.25) is 0 Å². The van der Waals surface area contributed by atoms with Gasteiger partial charge in [-0.1, -0.05) is 44.8 Å². The second-order valence-electron chi connectivity index (χ2n) is 6.44. The minimum atomic E-state index is -0.540. The molecule has 0 aromatic heterocycles. The molecule has 0 aliphatic carbocycles. The van der Waals surface area contributed by atoms with Crippen LogP contribution in [0.5, 0.6) is 0 Å². The smallest absolute Gasteiger partial charge is 0.253 e. The van der Waals surface area contributed by atoms with E-state index in [1.807, 2.05) is 12.2 Å². The standard InChI is InChI=1S/C20H32N2O5/c1-2-3-4-5-6-9-12-15-19(21(24)25)18-20(22(26)27)16-13-10-7-8-11-14-17-23/h6,9,15-17H,2-5,7-8,10-14,18H2,1H3/b9-6+,19-15-,20-16-. The zero-order valence-corrected chi connectivity index (χ0v) is 16.3. The van der Waals surface area contributed by atoms with Crippen molar-refractivity contribution in [1.29, 1.82) is 0 Å². The van der Waals surface area contributed by atoms with Gasteiger partial charge in [0.1, 0.15) is 12.7 Å². The van der Waals surface area contributed by atoms with Crippen molar-refractivity contribution < 1.29 is 14.6 Å². The summed E-state index contributed by atoms with van der Waals surface area (Å²) < 4.78 is 0. The highest BCUT2D eigenvalue weighted by atomic mass is 16.6. The highest BCUT2D eigenvalue weighted by Gasteiger charge is 2.20. The molecule has 0 fully saturated rings. The van der Waals surface area contributed by atoms with Gasteiger partial charge in [-0.05, 0) is 50.7 Å². The average Bonchev–Trinajstić information content (AvgIpc) is 2.63. The average molecular weight is 380 g/mol. The number of carbonyl (C=O) groups excluding carboxylic acids is 1. The molecule has 0 rings (SSSR count). The summed E-state index contributed by atoms with van der Waals surface area (Å²) in [5.74, 6) is 0. The van der Waals surface area contributed by atoms with Crippen LogP contribution >= 0.6 is 0 Å². The Hall–Kier alpha value is -2.31. The fourth-order valence-electron chi connectivity index (χ4n) is 2.53. The van der Waals surface area contributed by atoms with Gasteiger partial charge in [0, 0.05) is 6.42 Å². The summed E-state index contributed by atoms with van der Waals surface area (Å²) in [5, 5.41) is 22.3. The lowest BCUT2D eigenvalue weighted by Crippen LogP contribution is -2.06. The molecule has 0 saturated carbocycles. The summed E-state index contributed by atoms with van der Waals surface area (Å²) in [6.45, 7) is 2.13. The van der Waals surface area contributed by atoms with Crippen molar-refractivity contribution in [3.05, 3.63) is 55.9 Å². The molecule has 0 amide bonds. The number of allylic oxidation sites excluding steroid dienone is 4. The van der Waals surface area contributed by atoms with Gasteiger partial charge < -0.3 is 4.79 Å². The van der Waals surface area contributed by atoms with E-state index < -0.39 is 9.85 Å². The van der Waals surface area contributed by atoms with Crippen molar-refractivity contribution in [2.24, 2.45) is 0 Å². The summed E-state index contributed by atoms with van der Waals surface area (Å²) in [4.78, 5) is 31.5. The van der Waals surface area contributed by atoms with E-state index in [1.165, 1.54) is 12.2 Å². The van der Waals surface area contributed by atoms with E-state index in [9.17, 15) is 25.0 Å². The van der Waals surface area contributed by atoms with Crippen LogP contribution in [0.4, 0.5) is 0 Å². The minimum Gasteiger partial charge on any atom is -0.303 e. The Morgan fingerprint density at radius 2 is 1.37 bits per heavy atom. The second kappa shape index (κ2) is 17.1. The molecule has 0 N–H and O–H groups in total. The number of nitro groups is 2. The van der Waals surface area contributed by atoms with E-state index in [0.29, 0.717) is 19.3 Å². The second-order valence-corrected chi connectivity index (χ2v) is 6.44. The Bertz CT molecular complexity index is 538. The summed E-state index contributed by atoms with van der Waals surface area (Å²) in [5.41, 5.74) is -0.264. The fourth-order valence-corrected chi connectivity index (χ4v) is 2.53. The van der Waals surface area contributed by atoms with Crippen molar-refractivity contribution in [1.82, 2.24) is 0 Å². The largest absolute Gasteiger partial charge is 0.303 e. The third kappa shape index (κ3) is 14.5. The van der Waals surface area contributed by atoms with Crippen molar-refractivity contribution in [2.45, 2.75) is 84.0 Å². The third-order valence-corrected chi connectivity index (χ3v) is 4.12. The minimum absolute atomic E-state index is 0.127. The van der Waals surface area contributed by atoms with Crippen molar-refractivity contribution >= 4 is 6.29 Å². The number of nitrogens with zero attached hydrogens (tertiary/aromatic N) is 2. The van der Waals surface area contributed by atoms with E-state index in [1.54, 1.807) is 0 Å². The zero-order chi connectivity index (χ0) is 20.3. The maximum Gasteiger partial charge on any atom is 0.253 e. The Balaban J connectivity index is 4.54. The number of hydrogen-bond acceptors (Lipinski definition) is 5. The predicted octanol–water partition coefficient (Wildman–Crippen LogP) is 5.76. The Kier molecular flexibility index (Phi) is 15.7. The van der Waals surface area contributed by atoms with Crippen LogP contribution in [-0.2, 0) is 4.79 Å². The lowest BCUT2D eigenvalue weighted by atomic mass is 10.1. The normalized spacial score (nSPS) is 12.5. The molecule has 0 unspecified atom stereocenters. The number of unbranched alkanes of at least 4 members (excludes halogenated alkanes) is 8. The van der Waals surface area contributed by atoms with Gasteiger partial charge in [-0.3, -0.25) is 20.2 Å². The SMILES string of the molecule is CCCCC/C=C/C/C=C(/C/C(=C/CCCCCCC=O)[N+](=O)[O-])[N+](=O)[O-]. The first-order chi connectivity index (χ1) is 13.0. The van der Waals surface area contributed by atoms with E-state index >= 15 is 0 Å². The Morgan fingerprint density at radius 1 is 0.778 bits per heavy atom. The molecule has 0 aromatic carbocycles. The first kappa shape index (κ1) is 24.7. The first-order valence-electron chi connectivity index (χ1n) is 9.78.